The zero-order valence-corrected chi connectivity index (χ0v) is 17.8. The fourth-order valence-corrected chi connectivity index (χ4v) is 3.95. The highest BCUT2D eigenvalue weighted by molar-refractivity contribution is 5.98. The van der Waals surface area contributed by atoms with Gasteiger partial charge in [-0.05, 0) is 23.8 Å². The third-order valence-electron chi connectivity index (χ3n) is 5.60. The lowest BCUT2D eigenvalue weighted by Crippen LogP contribution is -2.30. The molecule has 2 N–H and O–H groups in total. The smallest absolute Gasteiger partial charge is 0.251 e. The number of carbonyl (C=O) groups is 1. The van der Waals surface area contributed by atoms with Gasteiger partial charge in [0.1, 0.15) is 18.0 Å². The topological polar surface area (TPSA) is 108 Å². The minimum absolute atomic E-state index is 0.366. The van der Waals surface area contributed by atoms with Crippen molar-refractivity contribution in [3.8, 4) is 11.3 Å². The van der Waals surface area contributed by atoms with E-state index in [1.54, 1.807) is 26.5 Å². The predicted molar refractivity (Wildman–Crippen MR) is 114 cm³/mol. The summed E-state index contributed by atoms with van der Waals surface area (Å²) >= 11 is 0. The second-order valence-corrected chi connectivity index (χ2v) is 7.63. The van der Waals surface area contributed by atoms with E-state index >= 15 is 0 Å². The molecule has 1 aliphatic rings. The molecule has 0 aromatic carbocycles. The Balaban J connectivity index is 1.86. The molecule has 0 radical (unpaired) electrons. The highest BCUT2D eigenvalue weighted by Crippen LogP contribution is 2.36. The van der Waals surface area contributed by atoms with Gasteiger partial charge in [0, 0.05) is 51.4 Å². The van der Waals surface area contributed by atoms with E-state index in [-0.39, 0.29) is 0 Å². The third-order valence-corrected chi connectivity index (χ3v) is 5.60. The number of hydrogen-bond acceptors (Lipinski definition) is 7. The Morgan fingerprint density at radius 1 is 1.35 bits per heavy atom. The molecule has 0 aliphatic carbocycles. The molecule has 1 fully saturated rings. The summed E-state index contributed by atoms with van der Waals surface area (Å²) in [5.74, 6) is -0.153. The first-order valence-electron chi connectivity index (χ1n) is 9.99. The Morgan fingerprint density at radius 3 is 2.87 bits per heavy atom. The molecule has 9 nitrogen and oxygen atoms in total. The summed E-state index contributed by atoms with van der Waals surface area (Å²) in [6.07, 6.45) is 4.40. The zero-order chi connectivity index (χ0) is 22.0. The minimum Gasteiger partial charge on any atom is -0.387 e. The van der Waals surface area contributed by atoms with E-state index in [1.165, 1.54) is 0 Å². The summed E-state index contributed by atoms with van der Waals surface area (Å²) in [5, 5.41) is 12.5. The second-order valence-electron chi connectivity index (χ2n) is 7.63. The molecule has 3 aromatic rings. The first-order chi connectivity index (χ1) is 15.0. The molecule has 1 aliphatic heterocycles. The van der Waals surface area contributed by atoms with Crippen LogP contribution in [0.15, 0.2) is 30.6 Å². The molecule has 1 amide bonds. The van der Waals surface area contributed by atoms with Crippen molar-refractivity contribution < 1.29 is 24.1 Å². The number of nitrogens with one attached hydrogen (secondary N) is 1. The number of nitrogens with zero attached hydrogens (tertiary/aromatic N) is 3. The SMILES string of the molecule is COCc1cc(-c2cn(C)c3cnc(NC(=O)CO)cc23)nc([C@]2(OC)CCOC2)c1. The van der Waals surface area contributed by atoms with Gasteiger partial charge in [0.15, 0.2) is 0 Å². The average Bonchev–Trinajstić information content (AvgIpc) is 3.39. The number of rotatable bonds is 7. The number of fused-ring (bicyclic) bond motifs is 1. The maximum atomic E-state index is 11.6. The minimum atomic E-state index is -0.605. The van der Waals surface area contributed by atoms with Crippen LogP contribution in [0.2, 0.25) is 0 Å². The number of aryl methyl sites for hydroxylation is 1. The molecule has 9 heteroatoms. The van der Waals surface area contributed by atoms with Gasteiger partial charge in [0.2, 0.25) is 0 Å². The van der Waals surface area contributed by atoms with Crippen LogP contribution >= 0.6 is 0 Å². The highest BCUT2D eigenvalue weighted by Gasteiger charge is 2.39. The summed E-state index contributed by atoms with van der Waals surface area (Å²) < 4.78 is 18.8. The standard InChI is InChI=1S/C22H26N4O5/c1-26-10-16(15-8-20(23-9-18(15)26)25-21(28)11-27)17-6-14(12-29-2)7-19(24-17)22(30-3)4-5-31-13-22/h6-10,27H,4-5,11-13H2,1-3H3,(H,23,25,28)/t22-/m0/s1. The van der Waals surface area contributed by atoms with Gasteiger partial charge in [-0.25, -0.2) is 9.97 Å². The summed E-state index contributed by atoms with van der Waals surface area (Å²) in [6.45, 7) is 0.899. The molecule has 31 heavy (non-hydrogen) atoms. The molecule has 1 atom stereocenters. The van der Waals surface area contributed by atoms with Gasteiger partial charge < -0.3 is 29.2 Å². The van der Waals surface area contributed by atoms with Crippen molar-refractivity contribution in [3.63, 3.8) is 0 Å². The van der Waals surface area contributed by atoms with Crippen molar-refractivity contribution in [2.45, 2.75) is 18.6 Å². The summed E-state index contributed by atoms with van der Waals surface area (Å²) in [7, 11) is 5.27. The zero-order valence-electron chi connectivity index (χ0n) is 17.8. The van der Waals surface area contributed by atoms with Crippen LogP contribution in [0.1, 0.15) is 17.7 Å². The monoisotopic (exact) mass is 426 g/mol. The van der Waals surface area contributed by atoms with E-state index < -0.39 is 18.1 Å². The largest absolute Gasteiger partial charge is 0.387 e. The van der Waals surface area contributed by atoms with Crippen LogP contribution in [0.5, 0.6) is 0 Å². The average molecular weight is 426 g/mol. The lowest BCUT2D eigenvalue weighted by molar-refractivity contribution is -0.118. The van der Waals surface area contributed by atoms with E-state index in [1.807, 2.05) is 29.9 Å². The van der Waals surface area contributed by atoms with Crippen molar-refractivity contribution in [3.05, 3.63) is 41.9 Å². The van der Waals surface area contributed by atoms with Gasteiger partial charge in [-0.3, -0.25) is 4.79 Å². The van der Waals surface area contributed by atoms with Crippen molar-refractivity contribution in [2.24, 2.45) is 7.05 Å². The van der Waals surface area contributed by atoms with E-state index in [9.17, 15) is 4.79 Å². The van der Waals surface area contributed by atoms with Crippen LogP contribution in [-0.2, 0) is 38.3 Å². The first-order valence-corrected chi connectivity index (χ1v) is 9.99. The molecular formula is C22H26N4O5. The molecule has 4 heterocycles. The van der Waals surface area contributed by atoms with Crippen LogP contribution in [0.4, 0.5) is 5.82 Å². The van der Waals surface area contributed by atoms with Gasteiger partial charge in [-0.15, -0.1) is 0 Å². The Kier molecular flexibility index (Phi) is 6.01. The van der Waals surface area contributed by atoms with Crippen LogP contribution in [0.3, 0.4) is 0 Å². The number of methoxy groups -OCH3 is 2. The van der Waals surface area contributed by atoms with Crippen molar-refractivity contribution in [1.82, 2.24) is 14.5 Å². The summed E-state index contributed by atoms with van der Waals surface area (Å²) in [6, 6.07) is 5.78. The molecule has 1 saturated heterocycles. The number of ether oxygens (including phenoxy) is 3. The Hall–Kier alpha value is -2.85. The van der Waals surface area contributed by atoms with E-state index in [0.29, 0.717) is 25.6 Å². The fourth-order valence-electron chi connectivity index (χ4n) is 3.95. The number of aliphatic hydroxyl groups excluding tert-OH is 1. The van der Waals surface area contributed by atoms with Crippen molar-refractivity contribution in [2.75, 3.05) is 39.4 Å². The molecule has 3 aromatic heterocycles. The van der Waals surface area contributed by atoms with Gasteiger partial charge in [-0.2, -0.15) is 0 Å². The number of aliphatic hydroxyl groups is 1. The lowest BCUT2D eigenvalue weighted by atomic mass is 9.95. The van der Waals surface area contributed by atoms with Crippen LogP contribution in [0, 0.1) is 0 Å². The number of pyridine rings is 2. The maximum Gasteiger partial charge on any atom is 0.251 e. The predicted octanol–water partition coefficient (Wildman–Crippen LogP) is 1.97. The fraction of sp³-hybridized carbons (Fsp3) is 0.409. The molecule has 164 valence electrons. The van der Waals surface area contributed by atoms with E-state index in [0.717, 1.165) is 39.8 Å². The molecule has 0 bridgehead atoms. The molecule has 0 saturated carbocycles. The number of aromatic nitrogens is 3. The number of amides is 1. The number of hydrogen-bond donors (Lipinski definition) is 2. The maximum absolute atomic E-state index is 11.6. The number of carbonyl (C=O) groups excluding carboxylic acids is 1. The third kappa shape index (κ3) is 4.05. The summed E-state index contributed by atoms with van der Waals surface area (Å²) in [5.41, 5.74) is 3.74. The van der Waals surface area contributed by atoms with Crippen LogP contribution in [-0.4, -0.2) is 59.6 Å². The van der Waals surface area contributed by atoms with Gasteiger partial charge in [0.25, 0.3) is 5.91 Å². The van der Waals surface area contributed by atoms with Gasteiger partial charge in [0.05, 0.1) is 36.3 Å². The Labute approximate surface area is 180 Å². The first kappa shape index (κ1) is 21.4. The van der Waals surface area contributed by atoms with E-state index in [4.69, 9.17) is 24.3 Å². The van der Waals surface area contributed by atoms with Crippen molar-refractivity contribution in [1.29, 1.82) is 0 Å². The van der Waals surface area contributed by atoms with E-state index in [2.05, 4.69) is 10.3 Å². The Bertz CT molecular complexity index is 1100. The molecule has 4 rings (SSSR count). The normalized spacial score (nSPS) is 18.6. The van der Waals surface area contributed by atoms with Gasteiger partial charge >= 0.3 is 0 Å². The molecule has 0 spiro atoms. The van der Waals surface area contributed by atoms with Crippen LogP contribution < -0.4 is 5.32 Å². The van der Waals surface area contributed by atoms with Gasteiger partial charge in [-0.1, -0.05) is 0 Å². The van der Waals surface area contributed by atoms with Crippen LogP contribution in [0.25, 0.3) is 22.2 Å². The second kappa shape index (κ2) is 8.72. The lowest BCUT2D eigenvalue weighted by Gasteiger charge is -2.26. The molecule has 0 unspecified atom stereocenters. The van der Waals surface area contributed by atoms with Crippen molar-refractivity contribution >= 4 is 22.6 Å². The highest BCUT2D eigenvalue weighted by atomic mass is 16.5. The summed E-state index contributed by atoms with van der Waals surface area (Å²) in [4.78, 5) is 20.8. The Morgan fingerprint density at radius 2 is 2.19 bits per heavy atom. The molecular weight excluding hydrogens is 400 g/mol. The quantitative estimate of drug-likeness (QED) is 0.595. The number of anilines is 1.